The Morgan fingerprint density at radius 1 is 0.875 bits per heavy atom. The summed E-state index contributed by atoms with van der Waals surface area (Å²) in [6.07, 6.45) is -15.4. The van der Waals surface area contributed by atoms with E-state index in [1.807, 2.05) is 6.07 Å². The van der Waals surface area contributed by atoms with Crippen LogP contribution in [-0.2, 0) is 23.7 Å². The summed E-state index contributed by atoms with van der Waals surface area (Å²) in [5.41, 5.74) is -3.46. The van der Waals surface area contributed by atoms with Crippen LogP contribution in [0.5, 0.6) is 17.2 Å². The Bertz CT molecular complexity index is 1440. The Morgan fingerprint density at radius 3 is 2.25 bits per heavy atom. The highest BCUT2D eigenvalue weighted by Gasteiger charge is 2.55. The van der Waals surface area contributed by atoms with Gasteiger partial charge in [-0.05, 0) is 5.56 Å². The Hall–Kier alpha value is -3.01. The molecule has 2 aromatic carbocycles. The Labute approximate surface area is 273 Å². The van der Waals surface area contributed by atoms with Crippen molar-refractivity contribution >= 4 is 5.78 Å². The van der Waals surface area contributed by atoms with Crippen LogP contribution in [0.1, 0.15) is 28.4 Å². The number of aliphatic hydroxyl groups is 8. The molecule has 0 aromatic heterocycles. The van der Waals surface area contributed by atoms with Gasteiger partial charge in [-0.1, -0.05) is 30.3 Å². The molecule has 3 fully saturated rings. The Balaban J connectivity index is 1.18. The quantitative estimate of drug-likeness (QED) is 0.123. The van der Waals surface area contributed by atoms with E-state index >= 15 is 0 Å². The third kappa shape index (κ3) is 6.50. The first-order chi connectivity index (χ1) is 22.9. The van der Waals surface area contributed by atoms with Crippen molar-refractivity contribution < 1.29 is 83.9 Å². The fourth-order valence-electron chi connectivity index (χ4n) is 5.98. The number of ketones is 1. The van der Waals surface area contributed by atoms with Crippen molar-refractivity contribution in [3.63, 3.8) is 0 Å². The molecule has 3 unspecified atom stereocenters. The van der Waals surface area contributed by atoms with Crippen LogP contribution in [0.3, 0.4) is 0 Å². The molecule has 264 valence electrons. The van der Waals surface area contributed by atoms with Crippen LogP contribution in [0.15, 0.2) is 42.5 Å². The largest absolute Gasteiger partial charge is 0.507 e. The first kappa shape index (κ1) is 34.8. The highest BCUT2D eigenvalue weighted by Crippen LogP contribution is 2.43. The lowest BCUT2D eigenvalue weighted by Gasteiger charge is -2.42. The maximum Gasteiger partial charge on any atom is 0.229 e. The molecule has 4 aliphatic heterocycles. The minimum Gasteiger partial charge on any atom is -0.507 e. The number of fused-ring (bicyclic) bond motifs is 1. The normalized spacial score (nSPS) is 39.6. The fourth-order valence-corrected chi connectivity index (χ4v) is 5.98. The minimum atomic E-state index is -2.15. The Morgan fingerprint density at radius 2 is 1.56 bits per heavy atom. The molecule has 0 spiro atoms. The summed E-state index contributed by atoms with van der Waals surface area (Å²) in [5, 5.41) is 93.7. The molecule has 17 heteroatoms. The lowest BCUT2D eigenvalue weighted by Crippen LogP contribution is -2.62. The van der Waals surface area contributed by atoms with E-state index in [-0.39, 0.29) is 29.3 Å². The van der Waals surface area contributed by atoms with Crippen LogP contribution < -0.4 is 9.47 Å². The monoisotopic (exact) mass is 682 g/mol. The average molecular weight is 683 g/mol. The number of benzene rings is 2. The summed E-state index contributed by atoms with van der Waals surface area (Å²) in [6, 6.07) is 11.4. The van der Waals surface area contributed by atoms with Gasteiger partial charge in [0, 0.05) is 12.1 Å². The van der Waals surface area contributed by atoms with E-state index in [2.05, 4.69) is 0 Å². The number of Topliss-reactive ketones (excluding diaryl/α,β-unsaturated/α-hetero) is 1. The second-order valence-electron chi connectivity index (χ2n) is 12.3. The molecule has 4 aliphatic rings. The molecule has 48 heavy (non-hydrogen) atoms. The third-order valence-corrected chi connectivity index (χ3v) is 8.90. The first-order valence-electron chi connectivity index (χ1n) is 15.2. The highest BCUT2D eigenvalue weighted by molar-refractivity contribution is 6.02. The van der Waals surface area contributed by atoms with Crippen molar-refractivity contribution in [2.24, 2.45) is 0 Å². The molecule has 0 amide bonds. The first-order valence-corrected chi connectivity index (χ1v) is 15.2. The number of aromatic hydroxyl groups is 1. The van der Waals surface area contributed by atoms with E-state index in [4.69, 9.17) is 33.2 Å². The van der Waals surface area contributed by atoms with Crippen molar-refractivity contribution in [1.29, 1.82) is 0 Å². The van der Waals surface area contributed by atoms with Gasteiger partial charge in [-0.25, -0.2) is 0 Å². The van der Waals surface area contributed by atoms with Crippen molar-refractivity contribution in [2.45, 2.75) is 79.2 Å². The zero-order chi connectivity index (χ0) is 34.4. The van der Waals surface area contributed by atoms with Crippen molar-refractivity contribution in [3.8, 4) is 17.2 Å². The van der Waals surface area contributed by atoms with Crippen LogP contribution in [0.2, 0.25) is 0 Å². The number of hydrogen-bond donors (Lipinski definition) is 9. The molecule has 12 atom stereocenters. The number of hydrogen-bond acceptors (Lipinski definition) is 17. The molecular formula is C31H38O17. The van der Waals surface area contributed by atoms with Crippen LogP contribution >= 0.6 is 0 Å². The molecule has 3 saturated heterocycles. The molecule has 9 N–H and O–H groups in total. The SMILES string of the molecule is O=C1CC(c2ccccc2)Oc2cc(O[C@@H]3O[C@H](CO)[C@@H](O)[C@H](O)[C@H]3OC3OC[C@](O)(COC4OC[C@](O)(CO)[C@H]4O)[C@H]3O)cc(O)c21. The van der Waals surface area contributed by atoms with E-state index in [0.717, 1.165) is 11.6 Å². The van der Waals surface area contributed by atoms with Crippen LogP contribution in [0, 0.1) is 0 Å². The van der Waals surface area contributed by atoms with Gasteiger partial charge in [-0.2, -0.15) is 0 Å². The van der Waals surface area contributed by atoms with Gasteiger partial charge in [0.1, 0.15) is 70.6 Å². The van der Waals surface area contributed by atoms with E-state index < -0.39 is 112 Å². The van der Waals surface area contributed by atoms with Gasteiger partial charge in [0.25, 0.3) is 0 Å². The summed E-state index contributed by atoms with van der Waals surface area (Å²) in [7, 11) is 0. The van der Waals surface area contributed by atoms with Gasteiger partial charge in [0.15, 0.2) is 24.5 Å². The fraction of sp³-hybridized carbons (Fsp3) is 0.581. The molecular weight excluding hydrogens is 644 g/mol. The summed E-state index contributed by atoms with van der Waals surface area (Å²) in [4.78, 5) is 12.9. The van der Waals surface area contributed by atoms with E-state index in [1.54, 1.807) is 24.3 Å². The number of phenolic OH excluding ortho intramolecular Hbond substituents is 1. The van der Waals surface area contributed by atoms with Crippen LogP contribution in [0.25, 0.3) is 0 Å². The minimum absolute atomic E-state index is 0.0103. The van der Waals surface area contributed by atoms with Gasteiger partial charge in [0.05, 0.1) is 39.5 Å². The number of carbonyl (C=O) groups is 1. The molecule has 17 nitrogen and oxygen atoms in total. The molecule has 0 saturated carbocycles. The lowest BCUT2D eigenvalue weighted by atomic mass is 9.95. The zero-order valence-corrected chi connectivity index (χ0v) is 25.3. The van der Waals surface area contributed by atoms with Crippen molar-refractivity contribution in [1.82, 2.24) is 0 Å². The predicted molar refractivity (Wildman–Crippen MR) is 155 cm³/mol. The van der Waals surface area contributed by atoms with E-state index in [9.17, 15) is 50.8 Å². The van der Waals surface area contributed by atoms with Gasteiger partial charge < -0.3 is 79.1 Å². The summed E-state index contributed by atoms with van der Waals surface area (Å²) in [6.45, 7) is -3.27. The summed E-state index contributed by atoms with van der Waals surface area (Å²) in [5.74, 6) is -0.927. The maximum atomic E-state index is 12.9. The summed E-state index contributed by atoms with van der Waals surface area (Å²) < 4.78 is 39.3. The van der Waals surface area contributed by atoms with Gasteiger partial charge in [-0.15, -0.1) is 0 Å². The van der Waals surface area contributed by atoms with Gasteiger partial charge in [0.2, 0.25) is 6.29 Å². The summed E-state index contributed by atoms with van der Waals surface area (Å²) >= 11 is 0. The number of rotatable bonds is 10. The molecule has 6 rings (SSSR count). The molecule has 2 aromatic rings. The number of aliphatic hydroxyl groups excluding tert-OH is 6. The van der Waals surface area contributed by atoms with Crippen LogP contribution in [0.4, 0.5) is 0 Å². The smallest absolute Gasteiger partial charge is 0.229 e. The molecule has 0 bridgehead atoms. The van der Waals surface area contributed by atoms with E-state index in [0.29, 0.717) is 0 Å². The highest BCUT2D eigenvalue weighted by atomic mass is 16.8. The molecule has 4 heterocycles. The Kier molecular flexibility index (Phi) is 9.95. The average Bonchev–Trinajstić information content (AvgIpc) is 3.53. The van der Waals surface area contributed by atoms with Gasteiger partial charge in [-0.3, -0.25) is 4.79 Å². The van der Waals surface area contributed by atoms with E-state index in [1.165, 1.54) is 6.07 Å². The second-order valence-corrected chi connectivity index (χ2v) is 12.3. The van der Waals surface area contributed by atoms with Crippen molar-refractivity contribution in [2.75, 3.05) is 33.0 Å². The maximum absolute atomic E-state index is 12.9. The van der Waals surface area contributed by atoms with Crippen molar-refractivity contribution in [3.05, 3.63) is 53.6 Å². The molecule has 0 radical (unpaired) electrons. The van der Waals surface area contributed by atoms with Gasteiger partial charge >= 0.3 is 0 Å². The number of ether oxygens (including phenoxy) is 7. The predicted octanol–water partition coefficient (Wildman–Crippen LogP) is -2.79. The number of phenols is 1. The standard InChI is InChI=1S/C31H38O17/c32-9-20-22(36)23(37)24(48-29-26(39)31(41,13-44-29)12-43-28-25(38)30(40,10-33)11-42-28)27(47-20)45-15-6-16(34)21-17(35)8-18(46-19(21)7-15)14-4-2-1-3-5-14/h1-7,18,20,22-29,32-34,36-41H,8-13H2/t18?,20-,22-,23+,24-,25+,26+,27-,28?,29?,30-,31-/m1/s1. The molecule has 0 aliphatic carbocycles. The lowest BCUT2D eigenvalue weighted by molar-refractivity contribution is -0.319. The van der Waals surface area contributed by atoms with Crippen LogP contribution in [-0.4, -0.2) is 151 Å². The zero-order valence-electron chi connectivity index (χ0n) is 25.3. The second kappa shape index (κ2) is 13.7. The third-order valence-electron chi connectivity index (χ3n) is 8.90. The topological polar surface area (TPSA) is 264 Å². The number of carbonyl (C=O) groups excluding carboxylic acids is 1.